The van der Waals surface area contributed by atoms with Gasteiger partial charge in [0.15, 0.2) is 0 Å². The van der Waals surface area contributed by atoms with E-state index >= 15 is 0 Å². The number of benzene rings is 2. The predicted molar refractivity (Wildman–Crippen MR) is 102 cm³/mol. The first-order valence-corrected chi connectivity index (χ1v) is 8.60. The zero-order valence-corrected chi connectivity index (χ0v) is 15.6. The van der Waals surface area contributed by atoms with E-state index in [-0.39, 0.29) is 18.2 Å². The van der Waals surface area contributed by atoms with Gasteiger partial charge in [0.1, 0.15) is 0 Å². The molecule has 4 nitrogen and oxygen atoms in total. The van der Waals surface area contributed by atoms with Crippen molar-refractivity contribution in [3.05, 3.63) is 64.2 Å². The van der Waals surface area contributed by atoms with Crippen molar-refractivity contribution in [2.75, 3.05) is 11.4 Å². The van der Waals surface area contributed by atoms with E-state index in [9.17, 15) is 9.59 Å². The second kappa shape index (κ2) is 8.67. The molecule has 0 heterocycles. The molecule has 0 atom stereocenters. The number of halogens is 1. The van der Waals surface area contributed by atoms with E-state index in [4.69, 9.17) is 11.6 Å². The lowest BCUT2D eigenvalue weighted by atomic mass is 10.1. The number of aryl methyl sites for hydroxylation is 2. The number of anilines is 1. The molecule has 2 amide bonds. The Labute approximate surface area is 153 Å². The zero-order valence-electron chi connectivity index (χ0n) is 14.8. The van der Waals surface area contributed by atoms with Crippen molar-refractivity contribution in [1.82, 2.24) is 5.32 Å². The number of carbonyl (C=O) groups is 2. The van der Waals surface area contributed by atoms with E-state index in [1.165, 1.54) is 6.92 Å². The quantitative estimate of drug-likeness (QED) is 0.848. The molecule has 0 aliphatic rings. The van der Waals surface area contributed by atoms with Crippen LogP contribution in [0, 0.1) is 13.8 Å². The molecule has 2 rings (SSSR count). The summed E-state index contributed by atoms with van der Waals surface area (Å²) in [6, 6.07) is 13.3. The summed E-state index contributed by atoms with van der Waals surface area (Å²) in [7, 11) is 0. The van der Waals surface area contributed by atoms with Gasteiger partial charge < -0.3 is 10.2 Å². The molecule has 25 heavy (non-hydrogen) atoms. The summed E-state index contributed by atoms with van der Waals surface area (Å²) in [4.78, 5) is 25.7. The lowest BCUT2D eigenvalue weighted by Crippen LogP contribution is -2.33. The molecule has 0 unspecified atom stereocenters. The number of carbonyl (C=O) groups excluding carboxylic acids is 2. The Morgan fingerprint density at radius 3 is 2.20 bits per heavy atom. The molecule has 132 valence electrons. The highest BCUT2D eigenvalue weighted by molar-refractivity contribution is 6.30. The second-order valence-electron chi connectivity index (χ2n) is 6.17. The Morgan fingerprint density at radius 2 is 1.64 bits per heavy atom. The highest BCUT2D eigenvalue weighted by atomic mass is 35.5. The van der Waals surface area contributed by atoms with Crippen LogP contribution in [0.5, 0.6) is 0 Å². The number of rotatable bonds is 6. The number of hydrogen-bond donors (Lipinski definition) is 1. The molecule has 0 bridgehead atoms. The molecule has 0 saturated heterocycles. The van der Waals surface area contributed by atoms with Gasteiger partial charge in [-0.25, -0.2) is 0 Å². The first-order chi connectivity index (χ1) is 11.8. The third-order valence-electron chi connectivity index (χ3n) is 3.86. The van der Waals surface area contributed by atoms with Crippen molar-refractivity contribution in [3.8, 4) is 0 Å². The normalized spacial score (nSPS) is 10.4. The SMILES string of the molecule is CC(=O)N(CCC(=O)NCc1ccc(Cl)cc1)c1cc(C)cc(C)c1. The van der Waals surface area contributed by atoms with Crippen LogP contribution >= 0.6 is 11.6 Å². The molecule has 1 N–H and O–H groups in total. The average molecular weight is 359 g/mol. The number of nitrogens with zero attached hydrogens (tertiary/aromatic N) is 1. The van der Waals surface area contributed by atoms with Crippen molar-refractivity contribution in [2.24, 2.45) is 0 Å². The maximum Gasteiger partial charge on any atom is 0.223 e. The second-order valence-corrected chi connectivity index (χ2v) is 6.61. The monoisotopic (exact) mass is 358 g/mol. The molecule has 0 fully saturated rings. The first-order valence-electron chi connectivity index (χ1n) is 8.22. The molecule has 2 aromatic carbocycles. The van der Waals surface area contributed by atoms with Gasteiger partial charge in [0, 0.05) is 37.1 Å². The van der Waals surface area contributed by atoms with E-state index in [1.54, 1.807) is 17.0 Å². The molecule has 0 aliphatic carbocycles. The summed E-state index contributed by atoms with van der Waals surface area (Å²) >= 11 is 5.84. The Bertz CT molecular complexity index is 737. The molecule has 0 spiro atoms. The average Bonchev–Trinajstić information content (AvgIpc) is 2.53. The molecular weight excluding hydrogens is 336 g/mol. The van der Waals surface area contributed by atoms with Crippen LogP contribution in [0.3, 0.4) is 0 Å². The summed E-state index contributed by atoms with van der Waals surface area (Å²) in [6.45, 7) is 6.30. The van der Waals surface area contributed by atoms with Gasteiger partial charge in [0.2, 0.25) is 11.8 Å². The number of nitrogens with one attached hydrogen (secondary N) is 1. The van der Waals surface area contributed by atoms with Crippen LogP contribution in [0.2, 0.25) is 5.02 Å². The molecule has 0 aromatic heterocycles. The fraction of sp³-hybridized carbons (Fsp3) is 0.300. The van der Waals surface area contributed by atoms with Crippen LogP contribution in [0.1, 0.15) is 30.0 Å². The fourth-order valence-electron chi connectivity index (χ4n) is 2.68. The van der Waals surface area contributed by atoms with E-state index in [0.717, 1.165) is 22.4 Å². The van der Waals surface area contributed by atoms with Gasteiger partial charge in [-0.15, -0.1) is 0 Å². The minimum absolute atomic E-state index is 0.0736. The van der Waals surface area contributed by atoms with Crippen LogP contribution < -0.4 is 10.2 Å². The zero-order chi connectivity index (χ0) is 18.4. The van der Waals surface area contributed by atoms with Crippen molar-refractivity contribution in [2.45, 2.75) is 33.7 Å². The van der Waals surface area contributed by atoms with Gasteiger partial charge in [-0.1, -0.05) is 29.8 Å². The van der Waals surface area contributed by atoms with Crippen LogP contribution in [0.15, 0.2) is 42.5 Å². The van der Waals surface area contributed by atoms with Gasteiger partial charge in [-0.3, -0.25) is 9.59 Å². The van der Waals surface area contributed by atoms with Gasteiger partial charge in [-0.05, 0) is 54.8 Å². The van der Waals surface area contributed by atoms with Crippen molar-refractivity contribution in [1.29, 1.82) is 0 Å². The van der Waals surface area contributed by atoms with Crippen LogP contribution in [-0.2, 0) is 16.1 Å². The highest BCUT2D eigenvalue weighted by Crippen LogP contribution is 2.19. The minimum Gasteiger partial charge on any atom is -0.352 e. The van der Waals surface area contributed by atoms with Crippen molar-refractivity contribution in [3.63, 3.8) is 0 Å². The molecular formula is C20H23ClN2O2. The molecule has 2 aromatic rings. The molecule has 5 heteroatoms. The smallest absolute Gasteiger partial charge is 0.223 e. The standard InChI is InChI=1S/C20H23ClN2O2/c1-14-10-15(2)12-19(11-14)23(16(3)24)9-8-20(25)22-13-17-4-6-18(21)7-5-17/h4-7,10-12H,8-9,13H2,1-3H3,(H,22,25). The van der Waals surface area contributed by atoms with Crippen molar-refractivity contribution < 1.29 is 9.59 Å². The summed E-state index contributed by atoms with van der Waals surface area (Å²) < 4.78 is 0. The van der Waals surface area contributed by atoms with Crippen LogP contribution in [-0.4, -0.2) is 18.4 Å². The lowest BCUT2D eigenvalue weighted by Gasteiger charge is -2.22. The summed E-state index contributed by atoms with van der Waals surface area (Å²) in [5.41, 5.74) is 3.99. The molecule has 0 saturated carbocycles. The van der Waals surface area contributed by atoms with E-state index in [0.29, 0.717) is 18.1 Å². The Kier molecular flexibility index (Phi) is 6.59. The van der Waals surface area contributed by atoms with E-state index in [1.807, 2.05) is 38.1 Å². The summed E-state index contributed by atoms with van der Waals surface area (Å²) in [5.74, 6) is -0.166. The highest BCUT2D eigenvalue weighted by Gasteiger charge is 2.14. The predicted octanol–water partition coefficient (Wildman–Crippen LogP) is 4.02. The fourth-order valence-corrected chi connectivity index (χ4v) is 2.81. The first kappa shape index (κ1) is 19.0. The third-order valence-corrected chi connectivity index (χ3v) is 4.12. The summed E-state index contributed by atoms with van der Waals surface area (Å²) in [5, 5.41) is 3.53. The van der Waals surface area contributed by atoms with Gasteiger partial charge >= 0.3 is 0 Å². The van der Waals surface area contributed by atoms with E-state index < -0.39 is 0 Å². The topological polar surface area (TPSA) is 49.4 Å². The molecule has 0 aliphatic heterocycles. The largest absolute Gasteiger partial charge is 0.352 e. The van der Waals surface area contributed by atoms with Crippen LogP contribution in [0.25, 0.3) is 0 Å². The number of hydrogen-bond acceptors (Lipinski definition) is 2. The van der Waals surface area contributed by atoms with Gasteiger partial charge in [-0.2, -0.15) is 0 Å². The minimum atomic E-state index is -0.0921. The maximum absolute atomic E-state index is 12.1. The Balaban J connectivity index is 1.93. The van der Waals surface area contributed by atoms with Crippen molar-refractivity contribution >= 4 is 29.1 Å². The van der Waals surface area contributed by atoms with Crippen LogP contribution in [0.4, 0.5) is 5.69 Å². The van der Waals surface area contributed by atoms with Gasteiger partial charge in [0.25, 0.3) is 0 Å². The number of amides is 2. The summed E-state index contributed by atoms with van der Waals surface area (Å²) in [6.07, 6.45) is 0.250. The lowest BCUT2D eigenvalue weighted by molar-refractivity contribution is -0.121. The van der Waals surface area contributed by atoms with E-state index in [2.05, 4.69) is 11.4 Å². The Morgan fingerprint density at radius 1 is 1.04 bits per heavy atom. The Hall–Kier alpha value is -2.33. The maximum atomic E-state index is 12.1. The third kappa shape index (κ3) is 5.91. The molecule has 0 radical (unpaired) electrons. The van der Waals surface area contributed by atoms with Gasteiger partial charge in [0.05, 0.1) is 0 Å².